The molecular weight excluding hydrogens is 310 g/mol. The first-order valence-corrected chi connectivity index (χ1v) is 4.95. The molecule has 0 unspecified atom stereocenters. The van der Waals surface area contributed by atoms with Crippen LogP contribution in [0, 0.1) is 10.1 Å². The number of benzene rings is 1. The summed E-state index contributed by atoms with van der Waals surface area (Å²) in [7, 11) is 0. The summed E-state index contributed by atoms with van der Waals surface area (Å²) in [4.78, 5) is 22.8. The molecule has 0 aliphatic rings. The highest BCUT2D eigenvalue weighted by atomic mass is 19.4. The van der Waals surface area contributed by atoms with Gasteiger partial charge in [0.05, 0.1) is 4.92 Å². The standard InChI is InChI=1S/C10H4F6N2O3/c11-9(12,13)8(10(14,15)16)17-7(19)5-1-3-6(4-2-5)18(20)21/h1-4H. The monoisotopic (exact) mass is 314 g/mol. The zero-order valence-electron chi connectivity index (χ0n) is 9.70. The van der Waals surface area contributed by atoms with Gasteiger partial charge in [-0.1, -0.05) is 0 Å². The number of hydrogen-bond acceptors (Lipinski definition) is 3. The highest BCUT2D eigenvalue weighted by molar-refractivity contribution is 6.07. The van der Waals surface area contributed by atoms with Gasteiger partial charge in [-0.3, -0.25) is 14.9 Å². The molecule has 0 aromatic heterocycles. The highest BCUT2D eigenvalue weighted by Gasteiger charge is 2.53. The first kappa shape index (κ1) is 16.6. The highest BCUT2D eigenvalue weighted by Crippen LogP contribution is 2.30. The average Bonchev–Trinajstić information content (AvgIpc) is 2.33. The number of carbonyl (C=O) groups is 1. The normalized spacial score (nSPS) is 11.9. The number of amides is 1. The Hall–Kier alpha value is -2.46. The third kappa shape index (κ3) is 4.26. The fourth-order valence-electron chi connectivity index (χ4n) is 1.18. The summed E-state index contributed by atoms with van der Waals surface area (Å²) in [5.41, 5.74) is -4.33. The summed E-state index contributed by atoms with van der Waals surface area (Å²) in [6.45, 7) is 0. The number of rotatable bonds is 2. The van der Waals surface area contributed by atoms with E-state index in [2.05, 4.69) is 0 Å². The number of hydrogen-bond donors (Lipinski definition) is 0. The van der Waals surface area contributed by atoms with Gasteiger partial charge in [-0.2, -0.15) is 31.3 Å². The first-order chi connectivity index (χ1) is 9.43. The molecule has 0 bridgehead atoms. The van der Waals surface area contributed by atoms with Gasteiger partial charge in [0.1, 0.15) is 0 Å². The fourth-order valence-corrected chi connectivity index (χ4v) is 1.18. The first-order valence-electron chi connectivity index (χ1n) is 4.95. The number of nitrogens with zero attached hydrogens (tertiary/aromatic N) is 2. The van der Waals surface area contributed by atoms with E-state index < -0.39 is 40.1 Å². The van der Waals surface area contributed by atoms with Gasteiger partial charge in [-0.25, -0.2) is 0 Å². The lowest BCUT2D eigenvalue weighted by atomic mass is 10.2. The summed E-state index contributed by atoms with van der Waals surface area (Å²) < 4.78 is 73.0. The van der Waals surface area contributed by atoms with Crippen LogP contribution in [0.25, 0.3) is 0 Å². The van der Waals surface area contributed by atoms with Gasteiger partial charge in [-0.15, -0.1) is 0 Å². The maximum absolute atomic E-state index is 12.2. The Balaban J connectivity index is 3.17. The molecule has 114 valence electrons. The van der Waals surface area contributed by atoms with Crippen LogP contribution in [0.15, 0.2) is 29.3 Å². The van der Waals surface area contributed by atoms with Crippen molar-refractivity contribution >= 4 is 17.3 Å². The Morgan fingerprint density at radius 2 is 1.43 bits per heavy atom. The molecule has 0 saturated heterocycles. The van der Waals surface area contributed by atoms with E-state index >= 15 is 0 Å². The molecule has 0 N–H and O–H groups in total. The minimum Gasteiger partial charge on any atom is -0.267 e. The number of nitro benzene ring substituents is 1. The summed E-state index contributed by atoms with van der Waals surface area (Å²) in [6.07, 6.45) is -11.7. The lowest BCUT2D eigenvalue weighted by molar-refractivity contribution is -0.384. The topological polar surface area (TPSA) is 72.6 Å². The maximum Gasteiger partial charge on any atom is 0.438 e. The van der Waals surface area contributed by atoms with Crippen molar-refractivity contribution in [3.8, 4) is 0 Å². The van der Waals surface area contributed by atoms with Crippen LogP contribution < -0.4 is 0 Å². The molecule has 1 rings (SSSR count). The van der Waals surface area contributed by atoms with E-state index in [-0.39, 0.29) is 0 Å². The van der Waals surface area contributed by atoms with E-state index in [0.29, 0.717) is 12.1 Å². The molecule has 21 heavy (non-hydrogen) atoms. The second kappa shape index (κ2) is 5.50. The van der Waals surface area contributed by atoms with Crippen molar-refractivity contribution in [2.75, 3.05) is 0 Å². The molecule has 5 nitrogen and oxygen atoms in total. The van der Waals surface area contributed by atoms with Crippen molar-refractivity contribution in [1.82, 2.24) is 0 Å². The fraction of sp³-hybridized carbons (Fsp3) is 0.200. The summed E-state index contributed by atoms with van der Waals surface area (Å²) in [5.74, 6) is -1.81. The molecule has 1 aromatic carbocycles. The lowest BCUT2D eigenvalue weighted by Crippen LogP contribution is -2.37. The number of nitro groups is 1. The van der Waals surface area contributed by atoms with E-state index in [1.165, 1.54) is 0 Å². The minimum atomic E-state index is -5.85. The Bertz CT molecular complexity index is 572. The minimum absolute atomic E-state index is 0.484. The average molecular weight is 314 g/mol. The molecule has 0 spiro atoms. The van der Waals surface area contributed by atoms with Crippen LogP contribution in [0.4, 0.5) is 32.0 Å². The van der Waals surface area contributed by atoms with Crippen LogP contribution in [0.2, 0.25) is 0 Å². The Morgan fingerprint density at radius 3 is 1.76 bits per heavy atom. The Labute approximate surface area is 112 Å². The Morgan fingerprint density at radius 1 is 1.00 bits per heavy atom. The summed E-state index contributed by atoms with van der Waals surface area (Å²) in [5, 5.41) is 10.3. The maximum atomic E-state index is 12.2. The second-order valence-electron chi connectivity index (χ2n) is 3.57. The van der Waals surface area contributed by atoms with E-state index in [0.717, 1.165) is 12.1 Å². The van der Waals surface area contributed by atoms with Gasteiger partial charge in [-0.05, 0) is 12.1 Å². The Kier molecular flexibility index (Phi) is 4.35. The number of alkyl halides is 6. The quantitative estimate of drug-likeness (QED) is 0.364. The van der Waals surface area contributed by atoms with Crippen molar-refractivity contribution in [1.29, 1.82) is 0 Å². The molecule has 0 aliphatic carbocycles. The van der Waals surface area contributed by atoms with Crippen molar-refractivity contribution in [2.45, 2.75) is 12.4 Å². The van der Waals surface area contributed by atoms with Gasteiger partial charge in [0.2, 0.25) is 5.71 Å². The summed E-state index contributed by atoms with van der Waals surface area (Å²) >= 11 is 0. The van der Waals surface area contributed by atoms with E-state index in [4.69, 9.17) is 0 Å². The zero-order valence-corrected chi connectivity index (χ0v) is 9.70. The van der Waals surface area contributed by atoms with Crippen molar-refractivity contribution < 1.29 is 36.1 Å². The lowest BCUT2D eigenvalue weighted by Gasteiger charge is -2.12. The van der Waals surface area contributed by atoms with Crippen molar-refractivity contribution in [2.24, 2.45) is 4.99 Å². The molecule has 0 heterocycles. The molecular formula is C10H4F6N2O3. The number of halogens is 6. The van der Waals surface area contributed by atoms with Crippen molar-refractivity contribution in [3.63, 3.8) is 0 Å². The molecule has 0 saturated carbocycles. The third-order valence-electron chi connectivity index (χ3n) is 2.08. The van der Waals surface area contributed by atoms with Crippen LogP contribution in [-0.2, 0) is 0 Å². The van der Waals surface area contributed by atoms with Gasteiger partial charge >= 0.3 is 12.4 Å². The summed E-state index contributed by atoms with van der Waals surface area (Å²) in [6, 6.07) is 2.91. The van der Waals surface area contributed by atoms with Crippen LogP contribution in [0.3, 0.4) is 0 Å². The van der Waals surface area contributed by atoms with E-state index in [1.54, 1.807) is 0 Å². The predicted molar refractivity (Wildman–Crippen MR) is 57.0 cm³/mol. The van der Waals surface area contributed by atoms with E-state index in [9.17, 15) is 41.3 Å². The second-order valence-corrected chi connectivity index (χ2v) is 3.57. The van der Waals surface area contributed by atoms with Crippen LogP contribution in [0.1, 0.15) is 10.4 Å². The largest absolute Gasteiger partial charge is 0.438 e. The van der Waals surface area contributed by atoms with Crippen LogP contribution in [-0.4, -0.2) is 28.9 Å². The number of aliphatic imine (C=N–C) groups is 1. The third-order valence-corrected chi connectivity index (χ3v) is 2.08. The van der Waals surface area contributed by atoms with E-state index in [1.807, 2.05) is 4.99 Å². The van der Waals surface area contributed by atoms with Gasteiger partial charge in [0.15, 0.2) is 0 Å². The van der Waals surface area contributed by atoms with Crippen molar-refractivity contribution in [3.05, 3.63) is 39.9 Å². The molecule has 1 aromatic rings. The molecule has 1 amide bonds. The van der Waals surface area contributed by atoms with Gasteiger partial charge in [0.25, 0.3) is 11.6 Å². The zero-order chi connectivity index (χ0) is 16.4. The van der Waals surface area contributed by atoms with Crippen LogP contribution in [0.5, 0.6) is 0 Å². The molecule has 11 heteroatoms. The predicted octanol–water partition coefficient (Wildman–Crippen LogP) is 3.30. The SMILES string of the molecule is O=C(N=C(C(F)(F)F)C(F)(F)F)c1ccc([N+](=O)[O-])cc1. The number of non-ortho nitro benzene ring substituents is 1. The number of carbonyl (C=O) groups excluding carboxylic acids is 1. The van der Waals surface area contributed by atoms with Gasteiger partial charge in [0, 0.05) is 17.7 Å². The molecule has 0 atom stereocenters. The molecule has 0 fully saturated rings. The smallest absolute Gasteiger partial charge is 0.267 e. The van der Waals surface area contributed by atoms with Gasteiger partial charge < -0.3 is 0 Å². The van der Waals surface area contributed by atoms with Crippen LogP contribution >= 0.6 is 0 Å². The molecule has 0 radical (unpaired) electrons. The molecule has 0 aliphatic heterocycles.